The lowest BCUT2D eigenvalue weighted by atomic mass is 10.1. The van der Waals surface area contributed by atoms with Gasteiger partial charge in [-0.15, -0.1) is 5.10 Å². The highest BCUT2D eigenvalue weighted by Crippen LogP contribution is 2.34. The zero-order valence-electron chi connectivity index (χ0n) is 23.8. The van der Waals surface area contributed by atoms with Crippen LogP contribution in [-0.2, 0) is 11.8 Å². The fourth-order valence-electron chi connectivity index (χ4n) is 5.36. The molecule has 0 saturated carbocycles. The van der Waals surface area contributed by atoms with Crippen LogP contribution in [0.4, 0.5) is 21.7 Å². The molecular weight excluding hydrogens is 537 g/mol. The normalized spacial score (nSPS) is 15.3. The third-order valence-electron chi connectivity index (χ3n) is 7.56. The number of anilines is 3. The predicted octanol–water partition coefficient (Wildman–Crippen LogP) is 4.82. The molecule has 42 heavy (non-hydrogen) atoms. The van der Waals surface area contributed by atoms with Crippen molar-refractivity contribution in [1.82, 2.24) is 34.8 Å². The van der Waals surface area contributed by atoms with Gasteiger partial charge in [-0.1, -0.05) is 11.8 Å². The van der Waals surface area contributed by atoms with E-state index in [9.17, 15) is 4.79 Å². The van der Waals surface area contributed by atoms with Crippen molar-refractivity contribution < 1.29 is 13.9 Å². The van der Waals surface area contributed by atoms with Gasteiger partial charge in [0.05, 0.1) is 11.0 Å². The van der Waals surface area contributed by atoms with Gasteiger partial charge in [-0.25, -0.2) is 24.0 Å². The van der Waals surface area contributed by atoms with Gasteiger partial charge in [-0.05, 0) is 62.7 Å². The summed E-state index contributed by atoms with van der Waals surface area (Å²) in [6.07, 6.45) is 2.85. The summed E-state index contributed by atoms with van der Waals surface area (Å²) in [5.41, 5.74) is 4.50. The second-order valence-corrected chi connectivity index (χ2v) is 10.4. The molecular formula is C30H30FN9O2. The Morgan fingerprint density at radius 3 is 2.71 bits per heavy atom. The van der Waals surface area contributed by atoms with E-state index in [2.05, 4.69) is 37.1 Å². The van der Waals surface area contributed by atoms with Crippen molar-refractivity contribution in [3.63, 3.8) is 0 Å². The molecule has 0 spiro atoms. The minimum absolute atomic E-state index is 0.0231. The Kier molecular flexibility index (Phi) is 6.89. The monoisotopic (exact) mass is 567 g/mol. The molecule has 6 rings (SSSR count). The molecule has 1 amide bonds. The van der Waals surface area contributed by atoms with Crippen LogP contribution < -0.4 is 15.0 Å². The number of aromatic nitrogens is 6. The molecule has 3 aromatic heterocycles. The van der Waals surface area contributed by atoms with Crippen molar-refractivity contribution in [2.24, 2.45) is 7.05 Å². The van der Waals surface area contributed by atoms with Gasteiger partial charge in [0.15, 0.2) is 17.4 Å². The number of amides is 1. The SMILES string of the molecule is C=CC(=O)N1CCN(c2ccc3ncnc(Nc4ccc(Oc5cc6nnn(C)c6c(C)c5F)c(C)c4)c3n2)C[C@H]1C. The first-order chi connectivity index (χ1) is 20.2. The lowest BCUT2D eigenvalue weighted by molar-refractivity contribution is -0.128. The van der Waals surface area contributed by atoms with Gasteiger partial charge >= 0.3 is 0 Å². The maximum atomic E-state index is 15.1. The standard InChI is InChI=1S/C30H30FN9O2/c1-6-26(41)40-12-11-39(15-18(40)3)25-10-8-21-28(35-25)30(33-16-32-21)34-20-7-9-23(17(2)13-20)42-24-14-22-29(19(4)27(24)31)38(5)37-36-22/h6-10,13-14,16,18H,1,11-12,15H2,2-5H3,(H,32,33,34)/t18-/m1/s1. The van der Waals surface area contributed by atoms with E-state index in [1.807, 2.05) is 43.0 Å². The second kappa shape index (κ2) is 10.7. The van der Waals surface area contributed by atoms with Crippen molar-refractivity contribution in [1.29, 1.82) is 0 Å². The first kappa shape index (κ1) is 27.1. The number of pyridine rings is 1. The minimum Gasteiger partial charge on any atom is -0.454 e. The summed E-state index contributed by atoms with van der Waals surface area (Å²) in [7, 11) is 1.73. The Labute approximate surface area is 241 Å². The summed E-state index contributed by atoms with van der Waals surface area (Å²) in [4.78, 5) is 29.9. The van der Waals surface area contributed by atoms with Crippen LogP contribution in [0.1, 0.15) is 18.1 Å². The number of nitrogens with zero attached hydrogens (tertiary/aromatic N) is 8. The highest BCUT2D eigenvalue weighted by atomic mass is 19.1. The summed E-state index contributed by atoms with van der Waals surface area (Å²) in [5, 5.41) is 11.4. The van der Waals surface area contributed by atoms with Crippen molar-refractivity contribution >= 4 is 45.3 Å². The number of nitrogens with one attached hydrogen (secondary N) is 1. The van der Waals surface area contributed by atoms with E-state index in [1.54, 1.807) is 30.8 Å². The first-order valence-electron chi connectivity index (χ1n) is 13.6. The van der Waals surface area contributed by atoms with Crippen molar-refractivity contribution in [2.45, 2.75) is 26.8 Å². The lowest BCUT2D eigenvalue weighted by Gasteiger charge is -2.40. The zero-order valence-corrected chi connectivity index (χ0v) is 23.8. The third kappa shape index (κ3) is 4.84. The van der Waals surface area contributed by atoms with E-state index in [0.29, 0.717) is 58.8 Å². The molecule has 0 bridgehead atoms. The maximum absolute atomic E-state index is 15.1. The third-order valence-corrected chi connectivity index (χ3v) is 7.56. The average Bonchev–Trinajstić information content (AvgIpc) is 3.36. The average molecular weight is 568 g/mol. The molecule has 5 aromatic rings. The van der Waals surface area contributed by atoms with Crippen molar-refractivity contribution in [3.8, 4) is 11.5 Å². The number of piperazine rings is 1. The van der Waals surface area contributed by atoms with Crippen LogP contribution >= 0.6 is 0 Å². The van der Waals surface area contributed by atoms with E-state index < -0.39 is 5.82 Å². The molecule has 1 aliphatic rings. The number of carbonyl (C=O) groups is 1. The van der Waals surface area contributed by atoms with Crippen molar-refractivity contribution in [3.05, 3.63) is 72.3 Å². The van der Waals surface area contributed by atoms with Crippen LogP contribution in [0.25, 0.3) is 22.1 Å². The summed E-state index contributed by atoms with van der Waals surface area (Å²) < 4.78 is 22.7. The topological polar surface area (TPSA) is 114 Å². The molecule has 0 aliphatic carbocycles. The highest BCUT2D eigenvalue weighted by Gasteiger charge is 2.27. The highest BCUT2D eigenvalue weighted by molar-refractivity contribution is 5.89. The number of fused-ring (bicyclic) bond motifs is 2. The Morgan fingerprint density at radius 1 is 1.12 bits per heavy atom. The molecule has 1 aliphatic heterocycles. The van der Waals surface area contributed by atoms with Gasteiger partial charge in [0.2, 0.25) is 5.91 Å². The smallest absolute Gasteiger partial charge is 0.246 e. The zero-order chi connectivity index (χ0) is 29.5. The number of halogens is 1. The molecule has 4 heterocycles. The fraction of sp³-hybridized carbons (Fsp3) is 0.267. The Bertz CT molecular complexity index is 1850. The maximum Gasteiger partial charge on any atom is 0.246 e. The summed E-state index contributed by atoms with van der Waals surface area (Å²) in [6, 6.07) is 11.0. The van der Waals surface area contributed by atoms with Gasteiger partial charge in [0, 0.05) is 50.0 Å². The molecule has 0 radical (unpaired) electrons. The molecule has 214 valence electrons. The Balaban J connectivity index is 1.24. The summed E-state index contributed by atoms with van der Waals surface area (Å²) >= 11 is 0. The number of benzene rings is 2. The molecule has 0 unspecified atom stereocenters. The number of hydrogen-bond acceptors (Lipinski definition) is 9. The quantitative estimate of drug-likeness (QED) is 0.288. The number of ether oxygens (including phenoxy) is 1. The van der Waals surface area contributed by atoms with Gasteiger partial charge in [0.1, 0.15) is 28.9 Å². The van der Waals surface area contributed by atoms with Crippen LogP contribution in [0.3, 0.4) is 0 Å². The van der Waals surface area contributed by atoms with Crippen LogP contribution in [0, 0.1) is 19.7 Å². The molecule has 1 N–H and O–H groups in total. The number of aryl methyl sites for hydroxylation is 3. The second-order valence-electron chi connectivity index (χ2n) is 10.4. The number of rotatable bonds is 6. The van der Waals surface area contributed by atoms with E-state index >= 15 is 4.39 Å². The summed E-state index contributed by atoms with van der Waals surface area (Å²) in [6.45, 7) is 11.1. The Morgan fingerprint density at radius 2 is 1.95 bits per heavy atom. The molecule has 1 atom stereocenters. The van der Waals surface area contributed by atoms with Crippen LogP contribution in [0.2, 0.25) is 0 Å². The Hall–Kier alpha value is -5.13. The van der Waals surface area contributed by atoms with E-state index in [0.717, 1.165) is 17.1 Å². The molecule has 2 aromatic carbocycles. The molecule has 1 fully saturated rings. The number of hydrogen-bond donors (Lipinski definition) is 1. The largest absolute Gasteiger partial charge is 0.454 e. The molecule has 11 nitrogen and oxygen atoms in total. The van der Waals surface area contributed by atoms with Gasteiger partial charge in [0.25, 0.3) is 0 Å². The lowest BCUT2D eigenvalue weighted by Crippen LogP contribution is -2.53. The van der Waals surface area contributed by atoms with E-state index in [1.165, 1.54) is 12.4 Å². The molecule has 1 saturated heterocycles. The van der Waals surface area contributed by atoms with E-state index in [4.69, 9.17) is 9.72 Å². The van der Waals surface area contributed by atoms with E-state index in [-0.39, 0.29) is 17.7 Å². The van der Waals surface area contributed by atoms with Crippen LogP contribution in [0.5, 0.6) is 11.5 Å². The van der Waals surface area contributed by atoms with Crippen LogP contribution in [0.15, 0.2) is 55.4 Å². The van der Waals surface area contributed by atoms with Crippen LogP contribution in [-0.4, -0.2) is 66.4 Å². The number of carbonyl (C=O) groups excluding carboxylic acids is 1. The molecule has 12 heteroatoms. The van der Waals surface area contributed by atoms with Crippen molar-refractivity contribution in [2.75, 3.05) is 29.9 Å². The first-order valence-corrected chi connectivity index (χ1v) is 13.6. The van der Waals surface area contributed by atoms with Gasteiger partial charge < -0.3 is 19.9 Å². The summed E-state index contributed by atoms with van der Waals surface area (Å²) in [5.74, 6) is 1.43. The predicted molar refractivity (Wildman–Crippen MR) is 159 cm³/mol. The fourth-order valence-corrected chi connectivity index (χ4v) is 5.36. The minimum atomic E-state index is -0.452. The van der Waals surface area contributed by atoms with Gasteiger partial charge in [-0.3, -0.25) is 4.79 Å². The van der Waals surface area contributed by atoms with Gasteiger partial charge in [-0.2, -0.15) is 0 Å².